The number of rotatable bonds is 10. The molecule has 2 heterocycles. The van der Waals surface area contributed by atoms with Crippen LogP contribution in [0, 0.1) is 0 Å². The molecule has 0 bridgehead atoms. The highest BCUT2D eigenvalue weighted by atomic mass is 16.5. The maximum absolute atomic E-state index is 5.74. The van der Waals surface area contributed by atoms with Crippen molar-refractivity contribution in [1.29, 1.82) is 0 Å². The summed E-state index contributed by atoms with van der Waals surface area (Å²) in [5.41, 5.74) is 0. The molecule has 0 amide bonds. The smallest absolute Gasteiger partial charge is 0.218 e. The lowest BCUT2D eigenvalue weighted by Crippen LogP contribution is -2.11. The largest absolute Gasteiger partial charge is 0.478 e. The van der Waals surface area contributed by atoms with Gasteiger partial charge in [0.15, 0.2) is 5.82 Å². The number of anilines is 1. The third-order valence-corrected chi connectivity index (χ3v) is 3.52. The molecule has 1 fully saturated rings. The van der Waals surface area contributed by atoms with Crippen molar-refractivity contribution < 1.29 is 14.2 Å². The normalized spacial score (nSPS) is 17.6. The zero-order valence-electron chi connectivity index (χ0n) is 13.6. The van der Waals surface area contributed by atoms with E-state index in [9.17, 15) is 0 Å². The zero-order chi connectivity index (χ0) is 15.6. The van der Waals surface area contributed by atoms with E-state index in [2.05, 4.69) is 22.2 Å². The molecule has 22 heavy (non-hydrogen) atoms. The lowest BCUT2D eigenvalue weighted by atomic mass is 10.2. The predicted molar refractivity (Wildman–Crippen MR) is 85.3 cm³/mol. The van der Waals surface area contributed by atoms with Crippen LogP contribution < -0.4 is 10.1 Å². The SMILES string of the molecule is CCCCOc1cc(NCCCOC)nc(C2CCCO2)n1. The Labute approximate surface area is 132 Å². The molecule has 1 aromatic heterocycles. The predicted octanol–water partition coefficient (Wildman–Crippen LogP) is 2.96. The highest BCUT2D eigenvalue weighted by Gasteiger charge is 2.22. The number of aromatic nitrogens is 2. The molecule has 0 saturated carbocycles. The first-order chi connectivity index (χ1) is 10.8. The topological polar surface area (TPSA) is 65.5 Å². The summed E-state index contributed by atoms with van der Waals surface area (Å²) in [6.45, 7) is 5.15. The van der Waals surface area contributed by atoms with Crippen LogP contribution in [0.25, 0.3) is 0 Å². The summed E-state index contributed by atoms with van der Waals surface area (Å²) >= 11 is 0. The molecule has 1 aliphatic rings. The van der Waals surface area contributed by atoms with Gasteiger partial charge < -0.3 is 19.5 Å². The summed E-state index contributed by atoms with van der Waals surface area (Å²) in [5, 5.41) is 3.31. The molecule has 124 valence electrons. The van der Waals surface area contributed by atoms with Gasteiger partial charge in [0.1, 0.15) is 11.9 Å². The summed E-state index contributed by atoms with van der Waals surface area (Å²) in [6, 6.07) is 1.86. The molecular weight excluding hydrogens is 282 g/mol. The molecule has 1 unspecified atom stereocenters. The second-order valence-electron chi connectivity index (χ2n) is 5.43. The second kappa shape index (κ2) is 9.58. The van der Waals surface area contributed by atoms with Crippen molar-refractivity contribution in [2.75, 3.05) is 38.8 Å². The Balaban J connectivity index is 2.01. The Bertz CT molecular complexity index is 437. The molecule has 1 aromatic rings. The Kier molecular flexibility index (Phi) is 7.39. The number of ether oxygens (including phenoxy) is 3. The first-order valence-corrected chi connectivity index (χ1v) is 8.19. The Morgan fingerprint density at radius 1 is 1.32 bits per heavy atom. The Morgan fingerprint density at radius 3 is 2.95 bits per heavy atom. The summed E-state index contributed by atoms with van der Waals surface area (Å²) in [4.78, 5) is 9.08. The average molecular weight is 309 g/mol. The standard InChI is InChI=1S/C16H27N3O3/c1-3-4-10-22-15-12-14(17-8-6-9-20-2)18-16(19-15)13-7-5-11-21-13/h12-13H,3-11H2,1-2H3,(H,17,18,19). The monoisotopic (exact) mass is 309 g/mol. The van der Waals surface area contributed by atoms with Crippen molar-refractivity contribution in [3.63, 3.8) is 0 Å². The van der Waals surface area contributed by atoms with Crippen LogP contribution >= 0.6 is 0 Å². The number of methoxy groups -OCH3 is 1. The van der Waals surface area contributed by atoms with Crippen molar-refractivity contribution in [3.05, 3.63) is 11.9 Å². The van der Waals surface area contributed by atoms with Gasteiger partial charge in [-0.15, -0.1) is 0 Å². The quantitative estimate of drug-likeness (QED) is 0.670. The lowest BCUT2D eigenvalue weighted by Gasteiger charge is -2.13. The van der Waals surface area contributed by atoms with Gasteiger partial charge in [0.2, 0.25) is 5.88 Å². The first-order valence-electron chi connectivity index (χ1n) is 8.19. The van der Waals surface area contributed by atoms with Crippen molar-refractivity contribution in [2.45, 2.75) is 45.1 Å². The molecule has 1 aliphatic heterocycles. The van der Waals surface area contributed by atoms with E-state index in [1.807, 2.05) is 6.07 Å². The number of nitrogens with zero attached hydrogens (tertiary/aromatic N) is 2. The molecule has 6 nitrogen and oxygen atoms in total. The molecule has 1 atom stereocenters. The van der Waals surface area contributed by atoms with Crippen LogP contribution in [0.4, 0.5) is 5.82 Å². The summed E-state index contributed by atoms with van der Waals surface area (Å²) in [7, 11) is 1.71. The molecule has 1 N–H and O–H groups in total. The molecule has 0 radical (unpaired) electrons. The van der Waals surface area contributed by atoms with Crippen molar-refractivity contribution in [1.82, 2.24) is 9.97 Å². The van der Waals surface area contributed by atoms with E-state index < -0.39 is 0 Å². The van der Waals surface area contributed by atoms with E-state index in [1.54, 1.807) is 7.11 Å². The fourth-order valence-corrected chi connectivity index (χ4v) is 2.29. The van der Waals surface area contributed by atoms with Gasteiger partial charge in [-0.3, -0.25) is 0 Å². The maximum atomic E-state index is 5.74. The van der Waals surface area contributed by atoms with Gasteiger partial charge in [-0.25, -0.2) is 4.98 Å². The first kappa shape index (κ1) is 17.0. The van der Waals surface area contributed by atoms with E-state index in [0.29, 0.717) is 12.5 Å². The third kappa shape index (κ3) is 5.42. The lowest BCUT2D eigenvalue weighted by molar-refractivity contribution is 0.104. The highest BCUT2D eigenvalue weighted by Crippen LogP contribution is 2.28. The number of hydrogen-bond acceptors (Lipinski definition) is 6. The van der Waals surface area contributed by atoms with E-state index in [-0.39, 0.29) is 6.10 Å². The Morgan fingerprint density at radius 2 is 2.23 bits per heavy atom. The van der Waals surface area contributed by atoms with Gasteiger partial charge in [-0.2, -0.15) is 4.98 Å². The number of hydrogen-bond donors (Lipinski definition) is 1. The van der Waals surface area contributed by atoms with Gasteiger partial charge in [0.05, 0.1) is 6.61 Å². The van der Waals surface area contributed by atoms with Gasteiger partial charge >= 0.3 is 0 Å². The van der Waals surface area contributed by atoms with Gasteiger partial charge in [0, 0.05) is 32.9 Å². The van der Waals surface area contributed by atoms with Gasteiger partial charge in [-0.05, 0) is 25.7 Å². The molecule has 6 heteroatoms. The number of unbranched alkanes of at least 4 members (excludes halogenated alkanes) is 1. The molecule has 0 aromatic carbocycles. The molecule has 2 rings (SSSR count). The molecule has 0 aliphatic carbocycles. The maximum Gasteiger partial charge on any atom is 0.218 e. The summed E-state index contributed by atoms with van der Waals surface area (Å²) in [6.07, 6.45) is 5.09. The third-order valence-electron chi connectivity index (χ3n) is 3.52. The Hall–Kier alpha value is -1.40. The van der Waals surface area contributed by atoms with Crippen LogP contribution in [0.3, 0.4) is 0 Å². The molecule has 0 spiro atoms. The minimum Gasteiger partial charge on any atom is -0.478 e. The van der Waals surface area contributed by atoms with Crippen LogP contribution in [-0.2, 0) is 9.47 Å². The van der Waals surface area contributed by atoms with Gasteiger partial charge in [-0.1, -0.05) is 13.3 Å². The molecular formula is C16H27N3O3. The van der Waals surface area contributed by atoms with E-state index in [0.717, 1.165) is 63.5 Å². The van der Waals surface area contributed by atoms with Crippen LogP contribution in [-0.4, -0.2) is 43.4 Å². The van der Waals surface area contributed by atoms with Crippen molar-refractivity contribution in [2.24, 2.45) is 0 Å². The summed E-state index contributed by atoms with van der Waals surface area (Å²) < 4.78 is 16.5. The van der Waals surface area contributed by atoms with E-state index in [4.69, 9.17) is 14.2 Å². The van der Waals surface area contributed by atoms with Crippen LogP contribution in [0.1, 0.15) is 51.0 Å². The highest BCUT2D eigenvalue weighted by molar-refractivity contribution is 5.38. The fourth-order valence-electron chi connectivity index (χ4n) is 2.29. The van der Waals surface area contributed by atoms with Gasteiger partial charge in [0.25, 0.3) is 0 Å². The van der Waals surface area contributed by atoms with E-state index in [1.165, 1.54) is 0 Å². The van der Waals surface area contributed by atoms with Crippen molar-refractivity contribution in [3.8, 4) is 5.88 Å². The molecule has 1 saturated heterocycles. The second-order valence-corrected chi connectivity index (χ2v) is 5.43. The summed E-state index contributed by atoms with van der Waals surface area (Å²) in [5.74, 6) is 2.15. The minimum absolute atomic E-state index is 0.00532. The minimum atomic E-state index is -0.00532. The fraction of sp³-hybridized carbons (Fsp3) is 0.750. The van der Waals surface area contributed by atoms with Crippen LogP contribution in [0.5, 0.6) is 5.88 Å². The average Bonchev–Trinajstić information content (AvgIpc) is 3.06. The van der Waals surface area contributed by atoms with Crippen LogP contribution in [0.2, 0.25) is 0 Å². The van der Waals surface area contributed by atoms with Crippen molar-refractivity contribution >= 4 is 5.82 Å². The van der Waals surface area contributed by atoms with E-state index >= 15 is 0 Å². The van der Waals surface area contributed by atoms with Crippen LogP contribution in [0.15, 0.2) is 6.07 Å². The zero-order valence-corrected chi connectivity index (χ0v) is 13.6. The number of nitrogens with one attached hydrogen (secondary N) is 1.